The number of halogens is 2. The Kier molecular flexibility index (Phi) is 7.46. The molecule has 2 saturated heterocycles. The predicted octanol–water partition coefficient (Wildman–Crippen LogP) is 2.60. The molecule has 0 bridgehead atoms. The molecule has 38 heavy (non-hydrogen) atoms. The first-order valence-corrected chi connectivity index (χ1v) is 13.4. The van der Waals surface area contributed by atoms with Crippen LogP contribution in [0.3, 0.4) is 0 Å². The van der Waals surface area contributed by atoms with E-state index in [9.17, 15) is 23.9 Å². The Balaban J connectivity index is 1.61. The molecule has 3 atom stereocenters. The molecule has 0 spiro atoms. The monoisotopic (exact) mass is 561 g/mol. The average Bonchev–Trinajstić information content (AvgIpc) is 3.55. The molecule has 2 N–H and O–H groups in total. The number of amidine groups is 1. The van der Waals surface area contributed by atoms with Crippen molar-refractivity contribution in [2.75, 3.05) is 26.2 Å². The molecule has 4 heterocycles. The Labute approximate surface area is 226 Å². The zero-order valence-electron chi connectivity index (χ0n) is 20.4. The second-order valence-electron chi connectivity index (χ2n) is 9.04. The van der Waals surface area contributed by atoms with E-state index >= 15 is 0 Å². The number of rotatable bonds is 7. The van der Waals surface area contributed by atoms with E-state index in [-0.39, 0.29) is 41.8 Å². The van der Waals surface area contributed by atoms with Crippen molar-refractivity contribution in [3.8, 4) is 0 Å². The second-order valence-corrected chi connectivity index (χ2v) is 10.3. The van der Waals surface area contributed by atoms with Crippen molar-refractivity contribution in [2.45, 2.75) is 37.9 Å². The van der Waals surface area contributed by atoms with E-state index in [0.717, 1.165) is 0 Å². The summed E-state index contributed by atoms with van der Waals surface area (Å²) in [6, 6.07) is 1.83. The number of nitrogens with one attached hydrogen (secondary N) is 1. The fourth-order valence-corrected chi connectivity index (χ4v) is 6.09. The van der Waals surface area contributed by atoms with Crippen LogP contribution in [0.1, 0.15) is 36.4 Å². The van der Waals surface area contributed by atoms with E-state index in [1.54, 1.807) is 34.4 Å². The Morgan fingerprint density at radius 2 is 2.16 bits per heavy atom. The number of esters is 1. The highest BCUT2D eigenvalue weighted by Crippen LogP contribution is 2.38. The first-order valence-electron chi connectivity index (χ1n) is 12.1. The zero-order valence-corrected chi connectivity index (χ0v) is 22.0. The number of fused-ring (bicyclic) bond motifs is 1. The van der Waals surface area contributed by atoms with Crippen LogP contribution in [-0.4, -0.2) is 81.9 Å². The molecule has 3 aliphatic heterocycles. The number of amides is 1. The summed E-state index contributed by atoms with van der Waals surface area (Å²) in [6.45, 7) is 2.44. The van der Waals surface area contributed by atoms with E-state index in [4.69, 9.17) is 21.3 Å². The summed E-state index contributed by atoms with van der Waals surface area (Å²) >= 11 is 7.67. The van der Waals surface area contributed by atoms with E-state index in [2.05, 4.69) is 10.3 Å². The molecule has 10 nitrogen and oxygen atoms in total. The van der Waals surface area contributed by atoms with Crippen LogP contribution in [-0.2, 0) is 19.1 Å². The van der Waals surface area contributed by atoms with Crippen LogP contribution in [0.5, 0.6) is 0 Å². The van der Waals surface area contributed by atoms with E-state index in [0.29, 0.717) is 35.9 Å². The van der Waals surface area contributed by atoms with Crippen molar-refractivity contribution in [1.82, 2.24) is 20.1 Å². The molecule has 3 aliphatic rings. The number of aliphatic carboxylic acids is 1. The first kappa shape index (κ1) is 26.3. The fourth-order valence-electron chi connectivity index (χ4n) is 5.27. The van der Waals surface area contributed by atoms with Gasteiger partial charge in [-0.2, -0.15) is 0 Å². The number of hydrogen-bond acceptors (Lipinski definition) is 9. The van der Waals surface area contributed by atoms with Gasteiger partial charge in [-0.05, 0) is 19.4 Å². The van der Waals surface area contributed by atoms with Crippen molar-refractivity contribution in [1.29, 1.82) is 0 Å². The second kappa shape index (κ2) is 10.8. The molecule has 1 aromatic heterocycles. The van der Waals surface area contributed by atoms with Crippen LogP contribution in [0, 0.1) is 5.82 Å². The van der Waals surface area contributed by atoms with Gasteiger partial charge in [-0.1, -0.05) is 23.7 Å². The van der Waals surface area contributed by atoms with Crippen LogP contribution in [0.15, 0.2) is 46.0 Å². The molecule has 1 aromatic carbocycles. The normalized spacial score (nSPS) is 23.7. The summed E-state index contributed by atoms with van der Waals surface area (Å²) in [6.07, 6.45) is 2.35. The molecule has 2 aromatic rings. The molecule has 1 amide bonds. The molecule has 0 radical (unpaired) electrons. The van der Waals surface area contributed by atoms with Gasteiger partial charge in [0.25, 0.3) is 0 Å². The number of benzene rings is 1. The highest BCUT2D eigenvalue weighted by Gasteiger charge is 2.47. The lowest BCUT2D eigenvalue weighted by molar-refractivity contribution is -0.149. The largest absolute Gasteiger partial charge is 0.480 e. The summed E-state index contributed by atoms with van der Waals surface area (Å²) in [5.41, 5.74) is 0.732. The van der Waals surface area contributed by atoms with Crippen LogP contribution in [0.2, 0.25) is 5.02 Å². The number of carboxylic acid groups (broad SMARTS) is 1. The quantitative estimate of drug-likeness (QED) is 0.494. The molecule has 200 valence electrons. The number of ether oxygens (including phenoxy) is 1. The van der Waals surface area contributed by atoms with Gasteiger partial charge in [0.1, 0.15) is 17.9 Å². The van der Waals surface area contributed by atoms with Crippen LogP contribution >= 0.6 is 22.9 Å². The molecule has 2 fully saturated rings. The van der Waals surface area contributed by atoms with Crippen molar-refractivity contribution in [3.05, 3.63) is 62.5 Å². The molecule has 0 saturated carbocycles. The van der Waals surface area contributed by atoms with Gasteiger partial charge in [0, 0.05) is 48.9 Å². The van der Waals surface area contributed by atoms with E-state index < -0.39 is 35.9 Å². The minimum Gasteiger partial charge on any atom is -0.480 e. The van der Waals surface area contributed by atoms with Crippen molar-refractivity contribution in [2.24, 2.45) is 4.99 Å². The van der Waals surface area contributed by atoms with Gasteiger partial charge in [0.2, 0.25) is 5.91 Å². The van der Waals surface area contributed by atoms with Gasteiger partial charge in [-0.15, -0.1) is 11.3 Å². The minimum absolute atomic E-state index is 0.0253. The third-order valence-corrected chi connectivity index (χ3v) is 8.09. The Bertz CT molecular complexity index is 1330. The fraction of sp³-hybridized carbons (Fsp3) is 0.400. The molecular weight excluding hydrogens is 537 g/mol. The number of hydrogen-bond donors (Lipinski definition) is 2. The molecule has 1 unspecified atom stereocenters. The Morgan fingerprint density at radius 1 is 1.34 bits per heavy atom. The van der Waals surface area contributed by atoms with Gasteiger partial charge in [-0.25, -0.2) is 14.2 Å². The summed E-state index contributed by atoms with van der Waals surface area (Å²) in [7, 11) is 0. The van der Waals surface area contributed by atoms with Crippen LogP contribution in [0.4, 0.5) is 4.39 Å². The van der Waals surface area contributed by atoms with Crippen LogP contribution < -0.4 is 5.32 Å². The predicted molar refractivity (Wildman–Crippen MR) is 137 cm³/mol. The number of aliphatic imine (C=N–C) groups is 1. The first-order chi connectivity index (χ1) is 18.3. The lowest BCUT2D eigenvalue weighted by Crippen LogP contribution is -2.62. The topological polar surface area (TPSA) is 124 Å². The number of piperazine rings is 1. The van der Waals surface area contributed by atoms with Crippen molar-refractivity contribution in [3.63, 3.8) is 0 Å². The maximum Gasteiger partial charge on any atom is 0.338 e. The SMILES string of the molecule is CCOC(=O)C1=C(CN2CCN3C(=O)CCC3[C@H]2C(=O)O)NC(c2nccs2)=N[C@H]1c1cccc(F)c1Cl. The number of carbonyl (C=O) groups is 3. The zero-order chi connectivity index (χ0) is 27.0. The summed E-state index contributed by atoms with van der Waals surface area (Å²) in [4.78, 5) is 50.4. The standard InChI is InChI=1S/C25H25ClFN5O5S/c1-2-37-25(36)18-15(12-31-9-10-32-16(6-7-17(32)33)21(31)24(34)35)29-22(23-28-8-11-38-23)30-20(18)13-4-3-5-14(27)19(13)26/h3-5,8,11,16,20-21H,2,6-7,9-10,12H2,1H3,(H,29,30)(H,34,35)/t16?,20-,21-/m0/s1. The molecular formula is C25H25ClFN5O5S. The van der Waals surface area contributed by atoms with Gasteiger partial charge in [0.05, 0.1) is 23.2 Å². The minimum atomic E-state index is -1.05. The third-order valence-electron chi connectivity index (χ3n) is 6.91. The van der Waals surface area contributed by atoms with Gasteiger partial charge >= 0.3 is 11.9 Å². The number of nitrogens with zero attached hydrogens (tertiary/aromatic N) is 4. The summed E-state index contributed by atoms with van der Waals surface area (Å²) < 4.78 is 19.9. The lowest BCUT2D eigenvalue weighted by atomic mass is 9.94. The lowest BCUT2D eigenvalue weighted by Gasteiger charge is -2.43. The number of thiazole rings is 1. The highest BCUT2D eigenvalue weighted by atomic mass is 35.5. The Morgan fingerprint density at radius 3 is 2.87 bits per heavy atom. The maximum absolute atomic E-state index is 14.5. The van der Waals surface area contributed by atoms with Crippen molar-refractivity contribution >= 4 is 46.6 Å². The molecule has 13 heteroatoms. The van der Waals surface area contributed by atoms with Crippen LogP contribution in [0.25, 0.3) is 0 Å². The highest BCUT2D eigenvalue weighted by molar-refractivity contribution is 7.11. The summed E-state index contributed by atoms with van der Waals surface area (Å²) in [5.74, 6) is -2.10. The van der Waals surface area contributed by atoms with Gasteiger partial charge < -0.3 is 20.1 Å². The number of carboxylic acids is 1. The smallest absolute Gasteiger partial charge is 0.338 e. The number of carbonyl (C=O) groups excluding carboxylic acids is 2. The average molecular weight is 562 g/mol. The molecule has 5 rings (SSSR count). The van der Waals surface area contributed by atoms with E-state index in [1.165, 1.54) is 23.5 Å². The number of aromatic nitrogens is 1. The van der Waals surface area contributed by atoms with Gasteiger partial charge in [0.15, 0.2) is 10.8 Å². The van der Waals surface area contributed by atoms with E-state index in [1.807, 2.05) is 0 Å². The third kappa shape index (κ3) is 4.79. The van der Waals surface area contributed by atoms with Crippen molar-refractivity contribution < 1.29 is 28.6 Å². The Hall–Kier alpha value is -3.35. The maximum atomic E-state index is 14.5. The summed E-state index contributed by atoms with van der Waals surface area (Å²) in [5, 5.41) is 15.4. The molecule has 0 aliphatic carbocycles. The van der Waals surface area contributed by atoms with Gasteiger partial charge in [-0.3, -0.25) is 19.5 Å².